The Morgan fingerprint density at radius 1 is 0.960 bits per heavy atom. The molecule has 25 heavy (non-hydrogen) atoms. The van der Waals surface area contributed by atoms with Gasteiger partial charge in [0.05, 0.1) is 18.9 Å². The van der Waals surface area contributed by atoms with E-state index < -0.39 is 0 Å². The van der Waals surface area contributed by atoms with Crippen molar-refractivity contribution >= 4 is 5.69 Å². The first-order valence-corrected chi connectivity index (χ1v) is 8.01. The predicted molar refractivity (Wildman–Crippen MR) is 97.6 cm³/mol. The van der Waals surface area contributed by atoms with Gasteiger partial charge in [-0.2, -0.15) is 5.10 Å². The van der Waals surface area contributed by atoms with Crippen LogP contribution in [0.1, 0.15) is 5.56 Å². The van der Waals surface area contributed by atoms with Crippen molar-refractivity contribution in [1.29, 1.82) is 0 Å². The molecule has 6 nitrogen and oxygen atoms in total. The summed E-state index contributed by atoms with van der Waals surface area (Å²) in [6.45, 7) is 0.669. The first-order chi connectivity index (χ1) is 12.2. The molecule has 0 radical (unpaired) electrons. The first kappa shape index (κ1) is 15.1. The van der Waals surface area contributed by atoms with E-state index in [-0.39, 0.29) is 0 Å². The maximum atomic E-state index is 5.83. The summed E-state index contributed by atoms with van der Waals surface area (Å²) in [5.41, 5.74) is 11.8. The molecule has 2 aromatic heterocycles. The molecule has 0 atom stereocenters. The van der Waals surface area contributed by atoms with Gasteiger partial charge < -0.3 is 5.73 Å². The second kappa shape index (κ2) is 6.24. The van der Waals surface area contributed by atoms with Gasteiger partial charge in [-0.05, 0) is 23.3 Å². The molecule has 2 heterocycles. The van der Waals surface area contributed by atoms with Crippen LogP contribution in [0.3, 0.4) is 0 Å². The molecule has 0 fully saturated rings. The van der Waals surface area contributed by atoms with Crippen molar-refractivity contribution in [3.63, 3.8) is 0 Å². The van der Waals surface area contributed by atoms with Crippen LogP contribution in [-0.2, 0) is 13.6 Å². The summed E-state index contributed by atoms with van der Waals surface area (Å²) in [5, 5.41) is 12.7. The number of aryl methyl sites for hydroxylation is 1. The molecule has 0 spiro atoms. The highest BCUT2D eigenvalue weighted by Crippen LogP contribution is 2.21. The van der Waals surface area contributed by atoms with Crippen LogP contribution in [0.2, 0.25) is 0 Å². The minimum atomic E-state index is 0.669. The van der Waals surface area contributed by atoms with Gasteiger partial charge in [0.15, 0.2) is 0 Å². The van der Waals surface area contributed by atoms with Crippen LogP contribution in [0.5, 0.6) is 0 Å². The van der Waals surface area contributed by atoms with Gasteiger partial charge in [-0.1, -0.05) is 41.6 Å². The van der Waals surface area contributed by atoms with E-state index in [1.807, 2.05) is 54.6 Å². The van der Waals surface area contributed by atoms with Crippen molar-refractivity contribution in [2.75, 3.05) is 5.73 Å². The fourth-order valence-corrected chi connectivity index (χ4v) is 2.77. The number of nitrogen functional groups attached to an aromatic ring is 1. The third-order valence-electron chi connectivity index (χ3n) is 4.06. The summed E-state index contributed by atoms with van der Waals surface area (Å²) in [7, 11) is 1.92. The Kier molecular flexibility index (Phi) is 3.78. The summed E-state index contributed by atoms with van der Waals surface area (Å²) in [5.74, 6) is 0. The van der Waals surface area contributed by atoms with E-state index in [1.165, 1.54) is 0 Å². The highest BCUT2D eigenvalue weighted by Gasteiger charge is 2.06. The Morgan fingerprint density at radius 3 is 2.52 bits per heavy atom. The van der Waals surface area contributed by atoms with Crippen molar-refractivity contribution in [1.82, 2.24) is 24.8 Å². The van der Waals surface area contributed by atoms with Crippen LogP contribution in [-0.4, -0.2) is 24.8 Å². The minimum Gasteiger partial charge on any atom is -0.399 e. The second-order valence-electron chi connectivity index (χ2n) is 6.03. The third kappa shape index (κ3) is 3.28. The molecular formula is C19H18N6. The monoisotopic (exact) mass is 330 g/mol. The topological polar surface area (TPSA) is 74.5 Å². The molecule has 0 saturated heterocycles. The zero-order valence-corrected chi connectivity index (χ0v) is 13.9. The quantitative estimate of drug-likeness (QED) is 0.584. The summed E-state index contributed by atoms with van der Waals surface area (Å²) >= 11 is 0. The van der Waals surface area contributed by atoms with Gasteiger partial charge in [0, 0.05) is 30.1 Å². The molecule has 2 aromatic carbocycles. The average molecular weight is 330 g/mol. The number of hydrogen-bond donors (Lipinski definition) is 1. The van der Waals surface area contributed by atoms with Crippen LogP contribution >= 0.6 is 0 Å². The van der Waals surface area contributed by atoms with Gasteiger partial charge in [-0.15, -0.1) is 5.10 Å². The van der Waals surface area contributed by atoms with Gasteiger partial charge in [0.1, 0.15) is 5.69 Å². The number of nitrogens with two attached hydrogens (primary N) is 1. The molecule has 0 bridgehead atoms. The molecule has 6 heteroatoms. The van der Waals surface area contributed by atoms with Gasteiger partial charge in [-0.3, -0.25) is 4.68 Å². The molecule has 2 N–H and O–H groups in total. The van der Waals surface area contributed by atoms with Crippen LogP contribution < -0.4 is 5.73 Å². The van der Waals surface area contributed by atoms with Crippen molar-refractivity contribution in [2.45, 2.75) is 6.54 Å². The van der Waals surface area contributed by atoms with Crippen molar-refractivity contribution in [3.8, 4) is 22.4 Å². The third-order valence-corrected chi connectivity index (χ3v) is 4.06. The smallest absolute Gasteiger partial charge is 0.113 e. The maximum absolute atomic E-state index is 5.83. The molecule has 0 unspecified atom stereocenters. The fourth-order valence-electron chi connectivity index (χ4n) is 2.77. The maximum Gasteiger partial charge on any atom is 0.113 e. The second-order valence-corrected chi connectivity index (χ2v) is 6.03. The molecule has 0 saturated carbocycles. The molecule has 124 valence electrons. The normalized spacial score (nSPS) is 10.9. The van der Waals surface area contributed by atoms with Gasteiger partial charge in [-0.25, -0.2) is 4.68 Å². The lowest BCUT2D eigenvalue weighted by molar-refractivity contribution is 0.650. The molecule has 0 aliphatic heterocycles. The molecular weight excluding hydrogens is 312 g/mol. The number of rotatable bonds is 4. The minimum absolute atomic E-state index is 0.669. The van der Waals surface area contributed by atoms with E-state index in [4.69, 9.17) is 5.73 Å². The Bertz CT molecular complexity index is 997. The molecule has 0 amide bonds. The van der Waals surface area contributed by atoms with E-state index in [0.717, 1.165) is 33.6 Å². The highest BCUT2D eigenvalue weighted by molar-refractivity contribution is 5.63. The molecule has 0 aliphatic carbocycles. The molecule has 4 rings (SSSR count). The lowest BCUT2D eigenvalue weighted by Gasteiger charge is -2.03. The lowest BCUT2D eigenvalue weighted by atomic mass is 10.1. The first-order valence-electron chi connectivity index (χ1n) is 8.01. The Morgan fingerprint density at radius 2 is 1.80 bits per heavy atom. The molecule has 4 aromatic rings. The number of nitrogens with zero attached hydrogens (tertiary/aromatic N) is 5. The summed E-state index contributed by atoms with van der Waals surface area (Å²) in [6.07, 6.45) is 5.80. The van der Waals surface area contributed by atoms with Crippen LogP contribution in [0.4, 0.5) is 5.69 Å². The summed E-state index contributed by atoms with van der Waals surface area (Å²) in [6, 6.07) is 16.1. The molecule has 0 aliphatic rings. The Balaban J connectivity index is 1.51. The lowest BCUT2D eigenvalue weighted by Crippen LogP contribution is -2.00. The largest absolute Gasteiger partial charge is 0.399 e. The highest BCUT2D eigenvalue weighted by atomic mass is 15.4. The summed E-state index contributed by atoms with van der Waals surface area (Å²) < 4.78 is 3.63. The fraction of sp³-hybridized carbons (Fsp3) is 0.105. The SMILES string of the molecule is Cn1cc(-c2ccc(Cn3cc(-c4cccc(N)c4)nn3)cc2)cn1. The van der Waals surface area contributed by atoms with Gasteiger partial charge in [0.25, 0.3) is 0 Å². The van der Waals surface area contributed by atoms with E-state index in [1.54, 1.807) is 4.68 Å². The van der Waals surface area contributed by atoms with E-state index >= 15 is 0 Å². The number of aromatic nitrogens is 5. The number of anilines is 1. The zero-order valence-electron chi connectivity index (χ0n) is 13.9. The zero-order chi connectivity index (χ0) is 17.2. The number of hydrogen-bond acceptors (Lipinski definition) is 4. The van der Waals surface area contributed by atoms with Gasteiger partial charge >= 0.3 is 0 Å². The average Bonchev–Trinajstić information content (AvgIpc) is 3.25. The van der Waals surface area contributed by atoms with E-state index in [0.29, 0.717) is 6.54 Å². The van der Waals surface area contributed by atoms with Crippen LogP contribution in [0, 0.1) is 0 Å². The van der Waals surface area contributed by atoms with Crippen molar-refractivity contribution < 1.29 is 0 Å². The van der Waals surface area contributed by atoms with Gasteiger partial charge in [0.2, 0.25) is 0 Å². The van der Waals surface area contributed by atoms with Crippen LogP contribution in [0.15, 0.2) is 67.1 Å². The Hall–Kier alpha value is -3.41. The van der Waals surface area contributed by atoms with Crippen molar-refractivity contribution in [3.05, 3.63) is 72.7 Å². The predicted octanol–water partition coefficient (Wildman–Crippen LogP) is 2.98. The van der Waals surface area contributed by atoms with Crippen LogP contribution in [0.25, 0.3) is 22.4 Å². The van der Waals surface area contributed by atoms with Crippen molar-refractivity contribution in [2.24, 2.45) is 7.05 Å². The van der Waals surface area contributed by atoms with E-state index in [9.17, 15) is 0 Å². The Labute approximate surface area is 145 Å². The number of benzene rings is 2. The standard InChI is InChI=1S/C19H18N6/c1-24-12-17(10-21-24)15-7-5-14(6-8-15)11-25-13-19(22-23-25)16-3-2-4-18(20)9-16/h2-10,12-13H,11,20H2,1H3. The summed E-state index contributed by atoms with van der Waals surface area (Å²) in [4.78, 5) is 0. The van der Waals surface area contributed by atoms with E-state index in [2.05, 4.69) is 39.7 Å².